The molecule has 0 unspecified atom stereocenters. The van der Waals surface area contributed by atoms with Crippen LogP contribution in [-0.2, 0) is 14.8 Å². The van der Waals surface area contributed by atoms with Crippen LogP contribution in [0, 0.1) is 3.57 Å². The van der Waals surface area contributed by atoms with Gasteiger partial charge in [-0.15, -0.1) is 0 Å². The number of hydrogen-bond donors (Lipinski definition) is 2. The third-order valence-electron chi connectivity index (χ3n) is 4.18. The molecule has 2 rings (SSSR count). The van der Waals surface area contributed by atoms with Gasteiger partial charge in [-0.25, -0.2) is 4.79 Å². The van der Waals surface area contributed by atoms with E-state index in [9.17, 15) is 14.7 Å². The van der Waals surface area contributed by atoms with Crippen molar-refractivity contribution < 1.29 is 14.6 Å². The largest absolute Gasteiger partial charge is 0.390 e. The van der Waals surface area contributed by atoms with Gasteiger partial charge >= 0.3 is 5.69 Å². The van der Waals surface area contributed by atoms with Gasteiger partial charge in [-0.05, 0) is 43.4 Å². The number of nitrogens with one attached hydrogen (secondary N) is 1. The second kappa shape index (κ2) is 7.02. The fourth-order valence-corrected chi connectivity index (χ4v) is 5.15. The molecule has 136 valence electrons. The van der Waals surface area contributed by atoms with Gasteiger partial charge in [-0.3, -0.25) is 14.3 Å². The lowest BCUT2D eigenvalue weighted by atomic mass is 10.1. The Morgan fingerprint density at radius 1 is 1.50 bits per heavy atom. The van der Waals surface area contributed by atoms with E-state index in [1.54, 1.807) is 0 Å². The highest BCUT2D eigenvalue weighted by Crippen LogP contribution is 2.37. The quantitative estimate of drug-likeness (QED) is 0.504. The second-order valence-electron chi connectivity index (χ2n) is 7.46. The minimum absolute atomic E-state index is 0.253. The molecule has 0 spiro atoms. The van der Waals surface area contributed by atoms with E-state index >= 15 is 0 Å². The number of H-pyrrole nitrogens is 1. The van der Waals surface area contributed by atoms with E-state index in [1.807, 2.05) is 43.4 Å². The van der Waals surface area contributed by atoms with Gasteiger partial charge in [0.15, 0.2) is 0 Å². The zero-order valence-corrected chi connectivity index (χ0v) is 17.9. The van der Waals surface area contributed by atoms with Crippen molar-refractivity contribution in [2.75, 3.05) is 6.61 Å². The first kappa shape index (κ1) is 19.8. The Morgan fingerprint density at radius 2 is 2.12 bits per heavy atom. The predicted molar refractivity (Wildman–Crippen MR) is 102 cm³/mol. The maximum absolute atomic E-state index is 12.4. The Hall–Kier alpha value is -0.493. The van der Waals surface area contributed by atoms with Crippen molar-refractivity contribution in [3.05, 3.63) is 30.6 Å². The fourth-order valence-electron chi connectivity index (χ4n) is 2.83. The minimum atomic E-state index is -1.59. The molecule has 2 N–H and O–H groups in total. The molecule has 2 heterocycles. The van der Waals surface area contributed by atoms with Gasteiger partial charge in [0.25, 0.3) is 5.56 Å². The summed E-state index contributed by atoms with van der Waals surface area (Å²) in [4.78, 5) is 26.3. The molecule has 0 amide bonds. The van der Waals surface area contributed by atoms with Crippen LogP contribution >= 0.6 is 22.6 Å². The normalized spacial score (nSPS) is 27.8. The lowest BCUT2D eigenvalue weighted by molar-refractivity contribution is -0.114. The summed E-state index contributed by atoms with van der Waals surface area (Å²) in [5.41, 5.74) is -1.26. The van der Waals surface area contributed by atoms with E-state index in [4.69, 9.17) is 9.47 Å². The van der Waals surface area contributed by atoms with E-state index in [1.165, 1.54) is 10.8 Å². The van der Waals surface area contributed by atoms with Crippen molar-refractivity contribution in [3.8, 4) is 0 Å². The van der Waals surface area contributed by atoms with Gasteiger partial charge < -0.3 is 14.6 Å². The number of aromatic nitrogens is 2. The first-order valence-electron chi connectivity index (χ1n) is 7.98. The highest BCUT2D eigenvalue weighted by Gasteiger charge is 2.50. The third-order valence-corrected chi connectivity index (χ3v) is 7.40. The molecule has 3 atom stereocenters. The van der Waals surface area contributed by atoms with Gasteiger partial charge in [-0.1, -0.05) is 13.1 Å². The van der Waals surface area contributed by atoms with Gasteiger partial charge in [-0.2, -0.15) is 0 Å². The first-order chi connectivity index (χ1) is 11.0. The Morgan fingerprint density at radius 3 is 2.67 bits per heavy atom. The van der Waals surface area contributed by atoms with Crippen molar-refractivity contribution in [2.45, 2.75) is 63.4 Å². The van der Waals surface area contributed by atoms with Crippen molar-refractivity contribution in [2.24, 2.45) is 0 Å². The topological polar surface area (TPSA) is 93.6 Å². The SMILES string of the molecule is C[SiH](C)[C@]1(n2cc(I)c(=O)[nH]c2=O)C[C@H](O)[C@@H](COC(C)(C)C)O1. The molecule has 1 aliphatic heterocycles. The van der Waals surface area contributed by atoms with E-state index in [2.05, 4.69) is 18.1 Å². The Bertz CT molecular complexity index is 711. The summed E-state index contributed by atoms with van der Waals surface area (Å²) in [6, 6.07) is 0. The number of nitrogens with zero attached hydrogens (tertiary/aromatic N) is 1. The lowest BCUT2D eigenvalue weighted by Crippen LogP contribution is -2.52. The number of hydrogen-bond acceptors (Lipinski definition) is 5. The second-order valence-corrected chi connectivity index (χ2v) is 11.8. The average molecular weight is 468 g/mol. The summed E-state index contributed by atoms with van der Waals surface area (Å²) >= 11 is 1.89. The molecule has 9 heteroatoms. The van der Waals surface area contributed by atoms with Gasteiger partial charge in [0.05, 0.1) is 30.7 Å². The van der Waals surface area contributed by atoms with E-state index in [0.29, 0.717) is 9.99 Å². The van der Waals surface area contributed by atoms with Crippen molar-refractivity contribution in [3.63, 3.8) is 0 Å². The lowest BCUT2D eigenvalue weighted by Gasteiger charge is -2.34. The van der Waals surface area contributed by atoms with E-state index in [-0.39, 0.29) is 12.2 Å². The molecule has 1 saturated heterocycles. The van der Waals surface area contributed by atoms with E-state index in [0.717, 1.165) is 0 Å². The van der Waals surface area contributed by atoms with Crippen LogP contribution in [-0.4, -0.2) is 47.9 Å². The zero-order valence-electron chi connectivity index (χ0n) is 14.6. The number of ether oxygens (including phenoxy) is 2. The van der Waals surface area contributed by atoms with Crippen LogP contribution < -0.4 is 11.2 Å². The highest BCUT2D eigenvalue weighted by molar-refractivity contribution is 14.1. The van der Waals surface area contributed by atoms with Gasteiger partial charge in [0.1, 0.15) is 11.5 Å². The molecular weight excluding hydrogens is 443 g/mol. The maximum atomic E-state index is 12.4. The van der Waals surface area contributed by atoms with Gasteiger partial charge in [0, 0.05) is 12.6 Å². The van der Waals surface area contributed by atoms with Crippen LogP contribution in [0.2, 0.25) is 13.1 Å². The number of aromatic amines is 1. The summed E-state index contributed by atoms with van der Waals surface area (Å²) in [5.74, 6) is 0. The van der Waals surface area contributed by atoms with Crippen LogP contribution in [0.1, 0.15) is 27.2 Å². The van der Waals surface area contributed by atoms with Crippen molar-refractivity contribution in [1.29, 1.82) is 0 Å². The molecule has 0 aliphatic carbocycles. The average Bonchev–Trinajstić information content (AvgIpc) is 2.78. The zero-order chi connectivity index (χ0) is 18.3. The smallest absolute Gasteiger partial charge is 0.330 e. The molecule has 0 aromatic carbocycles. The monoisotopic (exact) mass is 468 g/mol. The molecule has 1 aromatic heterocycles. The molecule has 24 heavy (non-hydrogen) atoms. The molecular formula is C15H25IN2O5Si. The summed E-state index contributed by atoms with van der Waals surface area (Å²) in [6.07, 6.45) is 0.611. The Labute approximate surface area is 156 Å². The van der Waals surface area contributed by atoms with Crippen LogP contribution in [0.5, 0.6) is 0 Å². The summed E-state index contributed by atoms with van der Waals surface area (Å²) in [7, 11) is -1.59. The molecule has 1 aliphatic rings. The molecule has 0 radical (unpaired) electrons. The third kappa shape index (κ3) is 4.01. The standard InChI is InChI=1S/C15H25IN2O5Si/c1-14(2,3)22-8-11-10(19)6-15(23-11,24(4)5)18-7-9(16)12(20)17-13(18)21/h7,10-11,19,24H,6,8H2,1-5H3,(H,17,20,21)/t10-,11+,15-/m0/s1. The predicted octanol–water partition coefficient (Wildman–Crippen LogP) is 0.785. The molecule has 0 saturated carbocycles. The van der Waals surface area contributed by atoms with Crippen molar-refractivity contribution >= 4 is 31.4 Å². The fraction of sp³-hybridized carbons (Fsp3) is 0.733. The number of aliphatic hydroxyl groups excluding tert-OH is 1. The molecule has 0 bridgehead atoms. The van der Waals surface area contributed by atoms with Crippen LogP contribution in [0.4, 0.5) is 0 Å². The number of aliphatic hydroxyl groups is 1. The molecule has 1 fully saturated rings. The van der Waals surface area contributed by atoms with E-state index < -0.39 is 37.6 Å². The van der Waals surface area contributed by atoms with Crippen LogP contribution in [0.3, 0.4) is 0 Å². The van der Waals surface area contributed by atoms with Crippen LogP contribution in [0.25, 0.3) is 0 Å². The summed E-state index contributed by atoms with van der Waals surface area (Å²) in [6.45, 7) is 10.2. The summed E-state index contributed by atoms with van der Waals surface area (Å²) in [5, 5.41) is 9.59. The minimum Gasteiger partial charge on any atom is -0.390 e. The number of rotatable bonds is 4. The number of halogens is 1. The van der Waals surface area contributed by atoms with Gasteiger partial charge in [0.2, 0.25) is 0 Å². The Balaban J connectivity index is 2.39. The molecule has 7 nitrogen and oxygen atoms in total. The van der Waals surface area contributed by atoms with Crippen LogP contribution in [0.15, 0.2) is 15.8 Å². The molecule has 1 aromatic rings. The summed E-state index contributed by atoms with van der Waals surface area (Å²) < 4.78 is 13.8. The maximum Gasteiger partial charge on any atom is 0.330 e. The van der Waals surface area contributed by atoms with Crippen molar-refractivity contribution in [1.82, 2.24) is 9.55 Å². The Kier molecular flexibility index (Phi) is 5.80. The first-order valence-corrected chi connectivity index (χ1v) is 11.9. The highest BCUT2D eigenvalue weighted by atomic mass is 127.